The van der Waals surface area contributed by atoms with Crippen LogP contribution >= 0.6 is 24.4 Å². The molecule has 20 heavy (non-hydrogen) atoms. The Labute approximate surface area is 127 Å². The molecule has 1 aromatic heterocycles. The highest BCUT2D eigenvalue weighted by Gasteiger charge is 2.04. The highest BCUT2D eigenvalue weighted by molar-refractivity contribution is 7.80. The van der Waals surface area contributed by atoms with Crippen LogP contribution in [0, 0.1) is 0 Å². The standard InChI is InChI=1S/C11H15N7S2/c1-6(15-17-10(12)19)8-4-3-5-9(14-8)7(2)16-18-11(13)20/h3-5H,1-2H3,(H3,12,17,19)(H3,13,18,20)/b15-6-,16-7-. The maximum absolute atomic E-state index is 5.31. The average molecular weight is 309 g/mol. The van der Waals surface area contributed by atoms with Crippen molar-refractivity contribution in [2.24, 2.45) is 21.7 Å². The van der Waals surface area contributed by atoms with Gasteiger partial charge in [-0.3, -0.25) is 10.9 Å². The van der Waals surface area contributed by atoms with E-state index < -0.39 is 0 Å². The molecule has 6 N–H and O–H groups in total. The van der Waals surface area contributed by atoms with Crippen LogP contribution in [-0.2, 0) is 0 Å². The van der Waals surface area contributed by atoms with Crippen molar-refractivity contribution in [3.8, 4) is 0 Å². The Balaban J connectivity index is 2.95. The summed E-state index contributed by atoms with van der Waals surface area (Å²) in [6.45, 7) is 3.58. The predicted molar refractivity (Wildman–Crippen MR) is 88.5 cm³/mol. The molecule has 0 saturated carbocycles. The third kappa shape index (κ3) is 5.24. The Bertz CT molecular complexity index is 533. The lowest BCUT2D eigenvalue weighted by Gasteiger charge is -2.05. The number of nitrogens with zero attached hydrogens (tertiary/aromatic N) is 3. The van der Waals surface area contributed by atoms with Crippen LogP contribution in [0.2, 0.25) is 0 Å². The van der Waals surface area contributed by atoms with E-state index in [4.69, 9.17) is 11.5 Å². The van der Waals surface area contributed by atoms with Crippen LogP contribution in [0.5, 0.6) is 0 Å². The molecule has 0 saturated heterocycles. The second-order valence-corrected chi connectivity index (χ2v) is 4.63. The summed E-state index contributed by atoms with van der Waals surface area (Å²) in [6, 6.07) is 5.48. The smallest absolute Gasteiger partial charge is 0.184 e. The van der Waals surface area contributed by atoms with Gasteiger partial charge < -0.3 is 11.5 Å². The van der Waals surface area contributed by atoms with Crippen LogP contribution in [0.1, 0.15) is 25.2 Å². The van der Waals surface area contributed by atoms with Crippen molar-refractivity contribution in [1.29, 1.82) is 0 Å². The normalized spacial score (nSPS) is 11.9. The van der Waals surface area contributed by atoms with Crippen LogP contribution in [0.3, 0.4) is 0 Å². The average Bonchev–Trinajstić information content (AvgIpc) is 2.42. The maximum Gasteiger partial charge on any atom is 0.184 e. The fourth-order valence-electron chi connectivity index (χ4n) is 1.23. The second-order valence-electron chi connectivity index (χ2n) is 3.75. The van der Waals surface area contributed by atoms with E-state index in [1.165, 1.54) is 0 Å². The number of aromatic nitrogens is 1. The zero-order valence-electron chi connectivity index (χ0n) is 11.0. The van der Waals surface area contributed by atoms with E-state index in [0.29, 0.717) is 22.8 Å². The summed E-state index contributed by atoms with van der Waals surface area (Å²) in [5.74, 6) is 0. The summed E-state index contributed by atoms with van der Waals surface area (Å²) in [7, 11) is 0. The summed E-state index contributed by atoms with van der Waals surface area (Å²) in [5, 5.41) is 8.21. The van der Waals surface area contributed by atoms with Gasteiger partial charge in [0.05, 0.1) is 22.8 Å². The van der Waals surface area contributed by atoms with Gasteiger partial charge in [-0.25, -0.2) is 4.98 Å². The molecule has 0 unspecified atom stereocenters. The fourth-order valence-corrected chi connectivity index (χ4v) is 1.32. The van der Waals surface area contributed by atoms with E-state index in [1.807, 2.05) is 18.2 Å². The minimum Gasteiger partial charge on any atom is -0.375 e. The topological polar surface area (TPSA) is 114 Å². The largest absolute Gasteiger partial charge is 0.375 e. The van der Waals surface area contributed by atoms with Crippen molar-refractivity contribution >= 4 is 46.1 Å². The van der Waals surface area contributed by atoms with E-state index in [2.05, 4.69) is 50.5 Å². The lowest BCUT2D eigenvalue weighted by atomic mass is 10.2. The van der Waals surface area contributed by atoms with Crippen LogP contribution in [-0.4, -0.2) is 26.6 Å². The van der Waals surface area contributed by atoms with Gasteiger partial charge in [0.15, 0.2) is 10.2 Å². The first-order valence-electron chi connectivity index (χ1n) is 5.57. The number of nitrogens with two attached hydrogens (primary N) is 2. The van der Waals surface area contributed by atoms with Gasteiger partial charge in [-0.15, -0.1) is 0 Å². The number of nitrogens with one attached hydrogen (secondary N) is 2. The van der Waals surface area contributed by atoms with Crippen LogP contribution in [0.15, 0.2) is 28.4 Å². The molecule has 0 aliphatic rings. The molecule has 9 heteroatoms. The zero-order chi connectivity index (χ0) is 15.1. The van der Waals surface area contributed by atoms with Gasteiger partial charge >= 0.3 is 0 Å². The molecule has 0 aromatic carbocycles. The van der Waals surface area contributed by atoms with Gasteiger partial charge in [0.1, 0.15) is 0 Å². The molecule has 106 valence electrons. The maximum atomic E-state index is 5.31. The number of pyridine rings is 1. The summed E-state index contributed by atoms with van der Waals surface area (Å²) < 4.78 is 0. The van der Waals surface area contributed by atoms with E-state index in [1.54, 1.807) is 13.8 Å². The number of rotatable bonds is 4. The molecular weight excluding hydrogens is 294 g/mol. The molecule has 0 bridgehead atoms. The van der Waals surface area contributed by atoms with Crippen molar-refractivity contribution in [1.82, 2.24) is 15.8 Å². The van der Waals surface area contributed by atoms with Crippen molar-refractivity contribution in [3.05, 3.63) is 29.6 Å². The third-order valence-corrected chi connectivity index (χ3v) is 2.34. The Morgan fingerprint density at radius 3 is 1.75 bits per heavy atom. The van der Waals surface area contributed by atoms with E-state index in [0.717, 1.165) is 0 Å². The van der Waals surface area contributed by atoms with Gasteiger partial charge in [-0.2, -0.15) is 10.2 Å². The van der Waals surface area contributed by atoms with Gasteiger partial charge in [0.25, 0.3) is 0 Å². The second kappa shape index (κ2) is 7.46. The van der Waals surface area contributed by atoms with Crippen molar-refractivity contribution < 1.29 is 0 Å². The Kier molecular flexibility index (Phi) is 5.94. The highest BCUT2D eigenvalue weighted by Crippen LogP contribution is 2.02. The number of hydrazone groups is 2. The molecule has 7 nitrogen and oxygen atoms in total. The molecule has 1 rings (SSSR count). The van der Waals surface area contributed by atoms with Crippen molar-refractivity contribution in [2.75, 3.05) is 0 Å². The lowest BCUT2D eigenvalue weighted by molar-refractivity contribution is 1.02. The van der Waals surface area contributed by atoms with Gasteiger partial charge in [-0.1, -0.05) is 6.07 Å². The number of thiocarbonyl (C=S) groups is 2. The minimum atomic E-state index is 0.0962. The molecule has 0 atom stereocenters. The van der Waals surface area contributed by atoms with Crippen molar-refractivity contribution in [2.45, 2.75) is 13.8 Å². The molecule has 0 aliphatic heterocycles. The Morgan fingerprint density at radius 1 is 1.00 bits per heavy atom. The zero-order valence-corrected chi connectivity index (χ0v) is 12.7. The van der Waals surface area contributed by atoms with E-state index in [-0.39, 0.29) is 10.2 Å². The molecule has 0 spiro atoms. The first kappa shape index (κ1) is 15.9. The SMILES string of the molecule is C/C(=N/NC(N)=S)c1cccc(/C(C)=N\NC(N)=S)n1. The summed E-state index contributed by atoms with van der Waals surface area (Å²) in [4.78, 5) is 4.42. The number of hydrogen-bond acceptors (Lipinski definition) is 5. The van der Waals surface area contributed by atoms with Crippen LogP contribution in [0.4, 0.5) is 0 Å². The first-order chi connectivity index (χ1) is 9.40. The monoisotopic (exact) mass is 309 g/mol. The molecule has 0 aliphatic carbocycles. The molecule has 0 amide bonds. The van der Waals surface area contributed by atoms with Gasteiger partial charge in [0, 0.05) is 0 Å². The third-order valence-electron chi connectivity index (χ3n) is 2.16. The Morgan fingerprint density at radius 2 is 1.40 bits per heavy atom. The van der Waals surface area contributed by atoms with E-state index in [9.17, 15) is 0 Å². The van der Waals surface area contributed by atoms with Gasteiger partial charge in [-0.05, 0) is 50.4 Å². The quantitative estimate of drug-likeness (QED) is 0.357. The summed E-state index contributed by atoms with van der Waals surface area (Å²) in [5.41, 5.74) is 18.3. The highest BCUT2D eigenvalue weighted by atomic mass is 32.1. The van der Waals surface area contributed by atoms with E-state index >= 15 is 0 Å². The Hall–Kier alpha value is -2.13. The van der Waals surface area contributed by atoms with Gasteiger partial charge in [0.2, 0.25) is 0 Å². The molecule has 0 fully saturated rings. The fraction of sp³-hybridized carbons (Fsp3) is 0.182. The molecule has 1 aromatic rings. The predicted octanol–water partition coefficient (Wildman–Crippen LogP) is 0.196. The minimum absolute atomic E-state index is 0.0962. The summed E-state index contributed by atoms with van der Waals surface area (Å²) >= 11 is 9.36. The number of hydrogen-bond donors (Lipinski definition) is 4. The summed E-state index contributed by atoms with van der Waals surface area (Å²) in [6.07, 6.45) is 0. The molecule has 0 radical (unpaired) electrons. The molecular formula is C11H15N7S2. The molecule has 1 heterocycles. The first-order valence-corrected chi connectivity index (χ1v) is 6.39. The van der Waals surface area contributed by atoms with Crippen LogP contribution < -0.4 is 22.3 Å². The van der Waals surface area contributed by atoms with Crippen molar-refractivity contribution in [3.63, 3.8) is 0 Å². The van der Waals surface area contributed by atoms with Crippen LogP contribution in [0.25, 0.3) is 0 Å². The lowest BCUT2D eigenvalue weighted by Crippen LogP contribution is -2.26.